The number of carbonyl (C=O) groups is 1. The zero-order valence-corrected chi connectivity index (χ0v) is 11.0. The minimum Gasteiger partial charge on any atom is -0.323 e. The van der Waals surface area contributed by atoms with Gasteiger partial charge in [-0.25, -0.2) is 0 Å². The maximum Gasteiger partial charge on any atom is 0.248 e. The van der Waals surface area contributed by atoms with Gasteiger partial charge in [0.2, 0.25) is 5.91 Å². The van der Waals surface area contributed by atoms with E-state index in [4.69, 9.17) is 0 Å². The van der Waals surface area contributed by atoms with Crippen LogP contribution in [0.4, 0.5) is 5.69 Å². The van der Waals surface area contributed by atoms with Gasteiger partial charge in [0.15, 0.2) is 0 Å². The maximum absolute atomic E-state index is 11.7. The highest BCUT2D eigenvalue weighted by Gasteiger charge is 1.97. The van der Waals surface area contributed by atoms with Gasteiger partial charge in [-0.15, -0.1) is 0 Å². The number of aryl methyl sites for hydroxylation is 1. The molecule has 0 aromatic heterocycles. The summed E-state index contributed by atoms with van der Waals surface area (Å²) in [5, 5.41) is 2.84. The van der Waals surface area contributed by atoms with E-state index in [1.54, 1.807) is 12.2 Å². The number of carbonyl (C=O) groups excluding carboxylic acids is 1. The van der Waals surface area contributed by atoms with Gasteiger partial charge in [-0.1, -0.05) is 49.4 Å². The normalized spacial score (nSPS) is 10.6. The molecule has 0 radical (unpaired) electrons. The van der Waals surface area contributed by atoms with Gasteiger partial charge in [0.25, 0.3) is 0 Å². The minimum atomic E-state index is -0.117. The number of rotatable bonds is 4. The maximum atomic E-state index is 11.7. The van der Waals surface area contributed by atoms with Gasteiger partial charge in [0, 0.05) is 11.8 Å². The van der Waals surface area contributed by atoms with Crippen molar-refractivity contribution in [2.75, 3.05) is 5.32 Å². The monoisotopic (exact) mass is 251 g/mol. The van der Waals surface area contributed by atoms with Crippen LogP contribution in [0.3, 0.4) is 0 Å². The predicted octanol–water partition coefficient (Wildman–Crippen LogP) is 3.90. The molecular weight excluding hydrogens is 234 g/mol. The van der Waals surface area contributed by atoms with Gasteiger partial charge in [0.05, 0.1) is 0 Å². The molecule has 0 aliphatic carbocycles. The lowest BCUT2D eigenvalue weighted by Crippen LogP contribution is -2.07. The number of nitrogens with one attached hydrogen (secondary N) is 1. The van der Waals surface area contributed by atoms with E-state index in [0.29, 0.717) is 0 Å². The first-order valence-corrected chi connectivity index (χ1v) is 6.41. The second-order valence-corrected chi connectivity index (χ2v) is 4.28. The van der Waals surface area contributed by atoms with Crippen molar-refractivity contribution in [1.82, 2.24) is 0 Å². The van der Waals surface area contributed by atoms with Crippen LogP contribution >= 0.6 is 0 Å². The summed E-state index contributed by atoms with van der Waals surface area (Å²) in [6.45, 7) is 2.11. The molecule has 0 saturated heterocycles. The first-order chi connectivity index (χ1) is 9.28. The van der Waals surface area contributed by atoms with E-state index in [1.165, 1.54) is 5.56 Å². The van der Waals surface area contributed by atoms with Gasteiger partial charge < -0.3 is 5.32 Å². The van der Waals surface area contributed by atoms with Crippen molar-refractivity contribution in [3.05, 3.63) is 71.8 Å². The smallest absolute Gasteiger partial charge is 0.248 e. The van der Waals surface area contributed by atoms with Crippen molar-refractivity contribution >= 4 is 17.7 Å². The number of hydrogen-bond donors (Lipinski definition) is 1. The van der Waals surface area contributed by atoms with Crippen LogP contribution in [0.2, 0.25) is 0 Å². The zero-order valence-electron chi connectivity index (χ0n) is 11.0. The summed E-state index contributed by atoms with van der Waals surface area (Å²) < 4.78 is 0. The van der Waals surface area contributed by atoms with Crippen LogP contribution in [0.5, 0.6) is 0 Å². The third kappa shape index (κ3) is 4.11. The second kappa shape index (κ2) is 6.55. The Labute approximate surface area is 113 Å². The molecule has 2 aromatic carbocycles. The Hall–Kier alpha value is -2.35. The Morgan fingerprint density at radius 1 is 1.05 bits per heavy atom. The van der Waals surface area contributed by atoms with Crippen LogP contribution in [0.1, 0.15) is 18.1 Å². The molecule has 2 nitrogen and oxygen atoms in total. The Morgan fingerprint density at radius 2 is 1.74 bits per heavy atom. The Kier molecular flexibility index (Phi) is 4.51. The molecule has 2 heteroatoms. The highest BCUT2D eigenvalue weighted by Crippen LogP contribution is 2.10. The summed E-state index contributed by atoms with van der Waals surface area (Å²) in [7, 11) is 0. The fourth-order valence-electron chi connectivity index (χ4n) is 1.74. The standard InChI is InChI=1S/C17H17NO/c1-2-14-8-11-16(12-9-14)18-17(19)13-10-15-6-4-3-5-7-15/h3-13H,2H2,1H3,(H,18,19)/b13-10-. The number of anilines is 1. The zero-order chi connectivity index (χ0) is 13.5. The van der Waals surface area contributed by atoms with Gasteiger partial charge in [-0.2, -0.15) is 0 Å². The highest BCUT2D eigenvalue weighted by atomic mass is 16.1. The summed E-state index contributed by atoms with van der Waals surface area (Å²) in [5.41, 5.74) is 3.09. The molecule has 0 heterocycles. The number of benzene rings is 2. The van der Waals surface area contributed by atoms with E-state index in [-0.39, 0.29) is 5.91 Å². The fourth-order valence-corrected chi connectivity index (χ4v) is 1.74. The molecule has 0 fully saturated rings. The van der Waals surface area contributed by atoms with Gasteiger partial charge in [0.1, 0.15) is 0 Å². The van der Waals surface area contributed by atoms with Gasteiger partial charge in [-0.3, -0.25) is 4.79 Å². The van der Waals surface area contributed by atoms with E-state index in [1.807, 2.05) is 54.6 Å². The summed E-state index contributed by atoms with van der Waals surface area (Å²) in [6, 6.07) is 17.7. The van der Waals surface area contributed by atoms with Gasteiger partial charge in [-0.05, 0) is 35.8 Å². The van der Waals surface area contributed by atoms with Crippen LogP contribution in [-0.4, -0.2) is 5.91 Å². The molecule has 0 aliphatic heterocycles. The molecule has 2 rings (SSSR count). The quantitative estimate of drug-likeness (QED) is 0.820. The van der Waals surface area contributed by atoms with Crippen LogP contribution in [0.15, 0.2) is 60.7 Å². The molecule has 0 spiro atoms. The molecule has 0 unspecified atom stereocenters. The third-order valence-electron chi connectivity index (χ3n) is 2.86. The summed E-state index contributed by atoms with van der Waals surface area (Å²) >= 11 is 0. The third-order valence-corrected chi connectivity index (χ3v) is 2.86. The minimum absolute atomic E-state index is 0.117. The average molecular weight is 251 g/mol. The summed E-state index contributed by atoms with van der Waals surface area (Å²) in [4.78, 5) is 11.7. The summed E-state index contributed by atoms with van der Waals surface area (Å²) in [6.07, 6.45) is 4.35. The first-order valence-electron chi connectivity index (χ1n) is 6.41. The van der Waals surface area contributed by atoms with Crippen LogP contribution in [0, 0.1) is 0 Å². The Morgan fingerprint density at radius 3 is 2.37 bits per heavy atom. The topological polar surface area (TPSA) is 29.1 Å². The summed E-state index contributed by atoms with van der Waals surface area (Å²) in [5.74, 6) is -0.117. The van der Waals surface area contributed by atoms with Gasteiger partial charge >= 0.3 is 0 Å². The highest BCUT2D eigenvalue weighted by molar-refractivity contribution is 6.01. The lowest BCUT2D eigenvalue weighted by molar-refractivity contribution is -0.111. The van der Waals surface area contributed by atoms with Crippen molar-refractivity contribution in [3.63, 3.8) is 0 Å². The first kappa shape index (κ1) is 13.1. The van der Waals surface area contributed by atoms with Crippen molar-refractivity contribution in [2.45, 2.75) is 13.3 Å². The molecule has 0 bridgehead atoms. The van der Waals surface area contributed by atoms with Crippen molar-refractivity contribution in [3.8, 4) is 0 Å². The fraction of sp³-hybridized carbons (Fsp3) is 0.118. The van der Waals surface area contributed by atoms with E-state index >= 15 is 0 Å². The Bertz CT molecular complexity index is 556. The van der Waals surface area contributed by atoms with Crippen LogP contribution in [0.25, 0.3) is 6.08 Å². The largest absolute Gasteiger partial charge is 0.323 e. The van der Waals surface area contributed by atoms with Crippen molar-refractivity contribution < 1.29 is 4.79 Å². The van der Waals surface area contributed by atoms with Crippen molar-refractivity contribution in [2.24, 2.45) is 0 Å². The molecule has 96 valence electrons. The van der Waals surface area contributed by atoms with Crippen LogP contribution < -0.4 is 5.32 Å². The lowest BCUT2D eigenvalue weighted by Gasteiger charge is -2.03. The van der Waals surface area contributed by atoms with E-state index in [9.17, 15) is 4.79 Å². The van der Waals surface area contributed by atoms with E-state index in [2.05, 4.69) is 12.2 Å². The lowest BCUT2D eigenvalue weighted by atomic mass is 10.1. The van der Waals surface area contributed by atoms with E-state index in [0.717, 1.165) is 17.7 Å². The molecular formula is C17H17NO. The molecule has 19 heavy (non-hydrogen) atoms. The number of hydrogen-bond acceptors (Lipinski definition) is 1. The molecule has 0 aliphatic rings. The number of amides is 1. The average Bonchev–Trinajstić information content (AvgIpc) is 2.47. The van der Waals surface area contributed by atoms with Crippen molar-refractivity contribution in [1.29, 1.82) is 0 Å². The second-order valence-electron chi connectivity index (χ2n) is 4.28. The van der Waals surface area contributed by atoms with Crippen LogP contribution in [-0.2, 0) is 11.2 Å². The predicted molar refractivity (Wildman–Crippen MR) is 79.9 cm³/mol. The van der Waals surface area contributed by atoms with E-state index < -0.39 is 0 Å². The molecule has 1 amide bonds. The Balaban J connectivity index is 1.95. The molecule has 1 N–H and O–H groups in total. The SMILES string of the molecule is CCc1ccc(NC(=O)/C=C\c2ccccc2)cc1. The molecule has 0 saturated carbocycles. The molecule has 2 aromatic rings. The molecule has 0 atom stereocenters.